The Balaban J connectivity index is 1.84. The fourth-order valence-electron chi connectivity index (χ4n) is 3.66. The number of nitrogen functional groups attached to an aromatic ring is 1. The van der Waals surface area contributed by atoms with E-state index >= 15 is 0 Å². The Bertz CT molecular complexity index is 1540. The predicted molar refractivity (Wildman–Crippen MR) is 115 cm³/mol. The van der Waals surface area contributed by atoms with Gasteiger partial charge in [0.2, 0.25) is 10.0 Å². The number of aliphatic imine (C=N–C) groups is 1. The van der Waals surface area contributed by atoms with E-state index in [4.69, 9.17) is 15.3 Å². The maximum absolute atomic E-state index is 13.2. The fraction of sp³-hybridized carbons (Fsp3) is 0.222. The van der Waals surface area contributed by atoms with Crippen LogP contribution in [0.3, 0.4) is 0 Å². The maximum atomic E-state index is 13.2. The van der Waals surface area contributed by atoms with Crippen molar-refractivity contribution in [1.82, 2.24) is 10.3 Å². The molecule has 166 valence electrons. The molecule has 1 aromatic heterocycles. The highest BCUT2D eigenvalue weighted by atomic mass is 32.2. The molecule has 3 aromatic rings. The lowest BCUT2D eigenvalue weighted by Crippen LogP contribution is -2.51. The average Bonchev–Trinajstić information content (AvgIpc) is 3.32. The summed E-state index contributed by atoms with van der Waals surface area (Å²) in [6.45, 7) is 0.421. The van der Waals surface area contributed by atoms with Crippen LogP contribution in [0.4, 0.5) is 6.01 Å². The second kappa shape index (κ2) is 7.16. The molecule has 0 unspecified atom stereocenters. The molecular weight excluding hydrogens is 458 g/mol. The molecule has 1 saturated heterocycles. The topological polar surface area (TPSA) is 195 Å². The standard InChI is InChI=1S/C18H17N7O5S2/c19-18-24-12-5-9(1-3-13(12)30-18)11-2-4-14(31(26,27)10-6-21-7-10)16(32(20,28)29)15(11)17-22-8-23-25-17/h1-5,10,21H,6-8H2,(H2,19,24)(H2,20,28,29). The lowest BCUT2D eigenvalue weighted by atomic mass is 9.98. The summed E-state index contributed by atoms with van der Waals surface area (Å²) in [5.41, 5.74) is 7.33. The van der Waals surface area contributed by atoms with Crippen molar-refractivity contribution < 1.29 is 21.3 Å². The Morgan fingerprint density at radius 3 is 2.50 bits per heavy atom. The highest BCUT2D eigenvalue weighted by Gasteiger charge is 2.39. The molecule has 0 aliphatic carbocycles. The number of sulfone groups is 1. The molecule has 0 bridgehead atoms. The number of fused-ring (bicyclic) bond motifs is 1. The summed E-state index contributed by atoms with van der Waals surface area (Å²) in [4.78, 5) is 7.28. The van der Waals surface area contributed by atoms with Gasteiger partial charge in [0.15, 0.2) is 27.9 Å². The van der Waals surface area contributed by atoms with Gasteiger partial charge in [-0.3, -0.25) is 0 Å². The number of aromatic nitrogens is 1. The zero-order valence-electron chi connectivity index (χ0n) is 16.4. The first-order valence-electron chi connectivity index (χ1n) is 9.39. The number of benzene rings is 2. The number of anilines is 1. The number of oxazole rings is 1. The summed E-state index contributed by atoms with van der Waals surface area (Å²) >= 11 is 0. The summed E-state index contributed by atoms with van der Waals surface area (Å²) in [5.74, 6) is -0.0208. The molecule has 32 heavy (non-hydrogen) atoms. The third-order valence-electron chi connectivity index (χ3n) is 5.28. The van der Waals surface area contributed by atoms with Gasteiger partial charge < -0.3 is 15.5 Å². The van der Waals surface area contributed by atoms with Gasteiger partial charge in [0, 0.05) is 18.7 Å². The second-order valence-corrected chi connectivity index (χ2v) is 11.0. The van der Waals surface area contributed by atoms with E-state index in [0.29, 0.717) is 22.2 Å². The molecule has 0 radical (unpaired) electrons. The van der Waals surface area contributed by atoms with Crippen LogP contribution < -0.4 is 16.2 Å². The molecule has 3 heterocycles. The number of nitrogens with zero attached hydrogens (tertiary/aromatic N) is 4. The van der Waals surface area contributed by atoms with E-state index in [1.807, 2.05) is 0 Å². The van der Waals surface area contributed by atoms with Crippen molar-refractivity contribution in [2.45, 2.75) is 15.0 Å². The van der Waals surface area contributed by atoms with Crippen molar-refractivity contribution in [2.75, 3.05) is 25.5 Å². The van der Waals surface area contributed by atoms with Crippen molar-refractivity contribution >= 4 is 42.8 Å². The number of amidine groups is 1. The zero-order chi connectivity index (χ0) is 22.7. The summed E-state index contributed by atoms with van der Waals surface area (Å²) in [6.07, 6.45) is 0. The Morgan fingerprint density at radius 1 is 1.09 bits per heavy atom. The van der Waals surface area contributed by atoms with Crippen LogP contribution in [0.25, 0.3) is 22.2 Å². The first kappa shape index (κ1) is 20.7. The van der Waals surface area contributed by atoms with Gasteiger partial charge in [-0.25, -0.2) is 27.0 Å². The first-order chi connectivity index (χ1) is 15.2. The predicted octanol–water partition coefficient (Wildman–Crippen LogP) is 0.640. The van der Waals surface area contributed by atoms with Crippen LogP contribution in [0.5, 0.6) is 0 Å². The molecule has 2 aliphatic rings. The number of hydrogen-bond acceptors (Lipinski definition) is 11. The van der Waals surface area contributed by atoms with E-state index in [-0.39, 0.29) is 42.1 Å². The van der Waals surface area contributed by atoms with Crippen molar-refractivity contribution in [2.24, 2.45) is 20.4 Å². The third-order valence-corrected chi connectivity index (χ3v) is 8.57. The number of primary sulfonamides is 1. The van der Waals surface area contributed by atoms with Crippen LogP contribution in [0.2, 0.25) is 0 Å². The Hall–Kier alpha value is -3.20. The van der Waals surface area contributed by atoms with Crippen molar-refractivity contribution in [3.8, 4) is 11.1 Å². The monoisotopic (exact) mass is 475 g/mol. The van der Waals surface area contributed by atoms with Crippen LogP contribution in [0.1, 0.15) is 5.56 Å². The van der Waals surface area contributed by atoms with Crippen molar-refractivity contribution in [3.05, 3.63) is 35.9 Å². The molecule has 2 aliphatic heterocycles. The Labute approximate surface area is 182 Å². The minimum Gasteiger partial charge on any atom is -0.424 e. The molecule has 1 fully saturated rings. The number of rotatable bonds is 5. The van der Waals surface area contributed by atoms with Crippen LogP contribution in [0.15, 0.2) is 59.8 Å². The number of nitrogens with two attached hydrogens (primary N) is 2. The van der Waals surface area contributed by atoms with Gasteiger partial charge in [-0.1, -0.05) is 12.1 Å². The molecule has 14 heteroatoms. The van der Waals surface area contributed by atoms with Gasteiger partial charge in [-0.05, 0) is 29.3 Å². The van der Waals surface area contributed by atoms with Gasteiger partial charge in [-0.2, -0.15) is 10.1 Å². The number of nitrogens with one attached hydrogen (secondary N) is 1. The van der Waals surface area contributed by atoms with E-state index in [2.05, 4.69) is 25.5 Å². The SMILES string of the molecule is Nc1nc2cc(-c3ccc(S(=O)(=O)C4CNC4)c(S(N)(=O)=O)c3C3=NCN=N3)ccc2o1. The lowest BCUT2D eigenvalue weighted by Gasteiger charge is -2.28. The van der Waals surface area contributed by atoms with Gasteiger partial charge in [0.25, 0.3) is 6.01 Å². The van der Waals surface area contributed by atoms with Gasteiger partial charge in [0.1, 0.15) is 10.4 Å². The van der Waals surface area contributed by atoms with Crippen molar-refractivity contribution in [3.63, 3.8) is 0 Å². The smallest absolute Gasteiger partial charge is 0.292 e. The van der Waals surface area contributed by atoms with Gasteiger partial charge in [0.05, 0.1) is 10.1 Å². The number of hydrogen-bond donors (Lipinski definition) is 3. The third kappa shape index (κ3) is 3.28. The maximum Gasteiger partial charge on any atom is 0.292 e. The van der Waals surface area contributed by atoms with Crippen LogP contribution in [0, 0.1) is 0 Å². The Morgan fingerprint density at radius 2 is 1.88 bits per heavy atom. The molecule has 0 saturated carbocycles. The largest absolute Gasteiger partial charge is 0.424 e. The van der Waals surface area contributed by atoms with Crippen LogP contribution in [-0.2, 0) is 19.9 Å². The molecular formula is C18H17N7O5S2. The molecule has 5 rings (SSSR count). The fourth-order valence-corrected chi connectivity index (χ4v) is 6.85. The molecule has 12 nitrogen and oxygen atoms in total. The molecule has 0 amide bonds. The zero-order valence-corrected chi connectivity index (χ0v) is 18.0. The molecule has 0 spiro atoms. The number of sulfonamides is 1. The quantitative estimate of drug-likeness (QED) is 0.478. The van der Waals surface area contributed by atoms with Gasteiger partial charge in [-0.15, -0.1) is 5.11 Å². The minimum atomic E-state index is -4.51. The van der Waals surface area contributed by atoms with E-state index in [0.717, 1.165) is 0 Å². The lowest BCUT2D eigenvalue weighted by molar-refractivity contribution is 0.493. The summed E-state index contributed by atoms with van der Waals surface area (Å²) in [7, 11) is -8.50. The van der Waals surface area contributed by atoms with E-state index in [9.17, 15) is 16.8 Å². The summed E-state index contributed by atoms with van der Waals surface area (Å²) < 4.78 is 57.1. The highest BCUT2D eigenvalue weighted by Crippen LogP contribution is 2.37. The molecule has 5 N–H and O–H groups in total. The van der Waals surface area contributed by atoms with E-state index in [1.54, 1.807) is 18.2 Å². The van der Waals surface area contributed by atoms with E-state index < -0.39 is 30.0 Å². The summed E-state index contributed by atoms with van der Waals surface area (Å²) in [6, 6.07) is 7.65. The van der Waals surface area contributed by atoms with Crippen LogP contribution in [-0.4, -0.2) is 52.7 Å². The van der Waals surface area contributed by atoms with Crippen molar-refractivity contribution in [1.29, 1.82) is 0 Å². The van der Waals surface area contributed by atoms with Crippen LogP contribution >= 0.6 is 0 Å². The molecule has 2 aromatic carbocycles. The Kier molecular flexibility index (Phi) is 4.63. The average molecular weight is 476 g/mol. The normalized spacial score (nSPS) is 17.0. The van der Waals surface area contributed by atoms with Gasteiger partial charge >= 0.3 is 0 Å². The number of azo groups is 1. The van der Waals surface area contributed by atoms with E-state index in [1.165, 1.54) is 12.1 Å². The summed E-state index contributed by atoms with van der Waals surface area (Å²) in [5, 5.41) is 15.4. The highest BCUT2D eigenvalue weighted by molar-refractivity contribution is 7.94. The minimum absolute atomic E-state index is 0.0127. The second-order valence-electron chi connectivity index (χ2n) is 7.28. The molecule has 0 atom stereocenters. The first-order valence-corrected chi connectivity index (χ1v) is 12.5.